The normalized spacial score (nSPS) is 13.3. The van der Waals surface area contributed by atoms with Crippen LogP contribution in [0.4, 0.5) is 0 Å². The van der Waals surface area contributed by atoms with E-state index in [4.69, 9.17) is 9.26 Å². The van der Waals surface area contributed by atoms with E-state index in [0.717, 1.165) is 52.6 Å². The van der Waals surface area contributed by atoms with Gasteiger partial charge in [0.25, 0.3) is 11.4 Å². The van der Waals surface area contributed by atoms with Crippen LogP contribution in [0.15, 0.2) is 39.9 Å². The number of fused-ring (bicyclic) bond motifs is 3. The lowest BCUT2D eigenvalue weighted by Gasteiger charge is -2.10. The van der Waals surface area contributed by atoms with Crippen molar-refractivity contribution in [3.05, 3.63) is 62.8 Å². The fraction of sp³-hybridized carbons (Fsp3) is 0.348. The van der Waals surface area contributed by atoms with Gasteiger partial charge in [0.15, 0.2) is 6.61 Å². The summed E-state index contributed by atoms with van der Waals surface area (Å²) in [4.78, 5) is 36.0. The van der Waals surface area contributed by atoms with Gasteiger partial charge in [-0.2, -0.15) is 4.98 Å². The number of ether oxygens (including phenoxy) is 1. The van der Waals surface area contributed by atoms with Gasteiger partial charge in [0.2, 0.25) is 5.82 Å². The van der Waals surface area contributed by atoms with Crippen molar-refractivity contribution >= 4 is 27.5 Å². The summed E-state index contributed by atoms with van der Waals surface area (Å²) in [6, 6.07) is 7.71. The van der Waals surface area contributed by atoms with E-state index in [-0.39, 0.29) is 31.0 Å². The average Bonchev–Trinajstić information content (AvgIpc) is 3.42. The third kappa shape index (κ3) is 3.95. The van der Waals surface area contributed by atoms with Crippen LogP contribution in [0.5, 0.6) is 0 Å². The highest BCUT2D eigenvalue weighted by molar-refractivity contribution is 7.18. The second kappa shape index (κ2) is 8.66. The number of benzene rings is 1. The molecule has 1 aliphatic rings. The average molecular weight is 451 g/mol. The number of aryl methyl sites for hydroxylation is 4. The molecule has 0 spiro atoms. The highest BCUT2D eigenvalue weighted by Gasteiger charge is 2.20. The van der Waals surface area contributed by atoms with Gasteiger partial charge in [-0.15, -0.1) is 11.3 Å². The van der Waals surface area contributed by atoms with Gasteiger partial charge in [0.1, 0.15) is 4.83 Å². The zero-order valence-electron chi connectivity index (χ0n) is 17.7. The van der Waals surface area contributed by atoms with Crippen LogP contribution in [0.1, 0.15) is 41.2 Å². The van der Waals surface area contributed by atoms with E-state index < -0.39 is 5.97 Å². The van der Waals surface area contributed by atoms with E-state index >= 15 is 0 Å². The Morgan fingerprint density at radius 2 is 2.09 bits per heavy atom. The van der Waals surface area contributed by atoms with Gasteiger partial charge in [0.05, 0.1) is 18.1 Å². The van der Waals surface area contributed by atoms with Crippen molar-refractivity contribution in [2.45, 2.75) is 52.2 Å². The molecule has 9 heteroatoms. The fourth-order valence-corrected chi connectivity index (χ4v) is 5.23. The molecule has 0 unspecified atom stereocenters. The van der Waals surface area contributed by atoms with Crippen molar-refractivity contribution in [3.63, 3.8) is 0 Å². The summed E-state index contributed by atoms with van der Waals surface area (Å²) in [7, 11) is 0. The molecule has 1 aromatic carbocycles. The molecule has 0 fully saturated rings. The Labute approximate surface area is 187 Å². The Hall–Kier alpha value is -3.33. The van der Waals surface area contributed by atoms with Gasteiger partial charge in [-0.25, -0.2) is 4.98 Å². The number of rotatable bonds is 6. The first-order valence-electron chi connectivity index (χ1n) is 10.6. The number of aromatic nitrogens is 4. The second-order valence-electron chi connectivity index (χ2n) is 7.87. The molecule has 0 N–H and O–H groups in total. The molecule has 3 aromatic heterocycles. The largest absolute Gasteiger partial charge is 0.456 e. The number of thiophene rings is 1. The minimum absolute atomic E-state index is 0.0538. The van der Waals surface area contributed by atoms with Crippen molar-refractivity contribution < 1.29 is 14.1 Å². The lowest BCUT2D eigenvalue weighted by Crippen LogP contribution is -2.23. The Morgan fingerprint density at radius 1 is 1.25 bits per heavy atom. The summed E-state index contributed by atoms with van der Waals surface area (Å²) in [5.41, 5.74) is 2.96. The third-order valence-corrected chi connectivity index (χ3v) is 6.91. The first-order valence-corrected chi connectivity index (χ1v) is 11.5. The number of nitrogens with zero attached hydrogens (tertiary/aromatic N) is 4. The molecule has 0 bridgehead atoms. The molecule has 1 aliphatic carbocycles. The van der Waals surface area contributed by atoms with E-state index in [1.54, 1.807) is 11.3 Å². The first kappa shape index (κ1) is 20.6. The SMILES string of the molecule is Cc1ccccc1-c1noc(COC(=O)CCn2cnc3sc4c(c3c2=O)CCCC4)n1. The van der Waals surface area contributed by atoms with Crippen LogP contribution in [0.25, 0.3) is 21.6 Å². The van der Waals surface area contributed by atoms with E-state index in [0.29, 0.717) is 5.82 Å². The van der Waals surface area contributed by atoms with Crippen LogP contribution in [0.2, 0.25) is 0 Å². The Morgan fingerprint density at radius 3 is 2.97 bits per heavy atom. The number of esters is 1. The van der Waals surface area contributed by atoms with Crippen molar-refractivity contribution in [2.75, 3.05) is 0 Å². The number of hydrogen-bond donors (Lipinski definition) is 0. The summed E-state index contributed by atoms with van der Waals surface area (Å²) >= 11 is 1.61. The minimum atomic E-state index is -0.444. The molecular formula is C23H22N4O4S. The van der Waals surface area contributed by atoms with E-state index in [2.05, 4.69) is 15.1 Å². The molecule has 0 amide bonds. The van der Waals surface area contributed by atoms with Crippen LogP contribution in [0.3, 0.4) is 0 Å². The molecule has 3 heterocycles. The summed E-state index contributed by atoms with van der Waals surface area (Å²) in [5.74, 6) is 0.237. The molecular weight excluding hydrogens is 428 g/mol. The van der Waals surface area contributed by atoms with Crippen LogP contribution < -0.4 is 5.56 Å². The van der Waals surface area contributed by atoms with Crippen molar-refractivity contribution in [2.24, 2.45) is 0 Å². The van der Waals surface area contributed by atoms with Gasteiger partial charge in [-0.1, -0.05) is 29.4 Å². The molecule has 32 heavy (non-hydrogen) atoms. The molecule has 0 radical (unpaired) electrons. The van der Waals surface area contributed by atoms with Crippen molar-refractivity contribution in [3.8, 4) is 11.4 Å². The van der Waals surface area contributed by atoms with E-state index in [9.17, 15) is 9.59 Å². The lowest BCUT2D eigenvalue weighted by atomic mass is 9.97. The number of carbonyl (C=O) groups excluding carboxylic acids is 1. The summed E-state index contributed by atoms with van der Waals surface area (Å²) in [5, 5.41) is 4.68. The molecule has 8 nitrogen and oxygen atoms in total. The number of carbonyl (C=O) groups is 1. The van der Waals surface area contributed by atoms with Crippen LogP contribution in [-0.4, -0.2) is 25.7 Å². The van der Waals surface area contributed by atoms with Gasteiger partial charge in [0, 0.05) is 17.0 Å². The first-order chi connectivity index (χ1) is 15.6. The topological polar surface area (TPSA) is 100 Å². The Balaban J connectivity index is 1.21. The van der Waals surface area contributed by atoms with Gasteiger partial charge in [-0.3, -0.25) is 14.2 Å². The van der Waals surface area contributed by atoms with Crippen molar-refractivity contribution in [1.82, 2.24) is 19.7 Å². The zero-order chi connectivity index (χ0) is 22.1. The van der Waals surface area contributed by atoms with E-state index in [1.807, 2.05) is 31.2 Å². The van der Waals surface area contributed by atoms with E-state index in [1.165, 1.54) is 15.8 Å². The molecule has 4 aromatic rings. The molecule has 0 atom stereocenters. The highest BCUT2D eigenvalue weighted by Crippen LogP contribution is 2.33. The molecule has 5 rings (SSSR count). The summed E-state index contributed by atoms with van der Waals surface area (Å²) in [6.45, 7) is 2.07. The third-order valence-electron chi connectivity index (χ3n) is 5.71. The standard InChI is InChI=1S/C23H22N4O4S/c1-14-6-2-3-7-15(14)21-25-18(31-26-21)12-30-19(28)10-11-27-13-24-22-20(23(27)29)16-8-4-5-9-17(16)32-22/h2-3,6-7,13H,4-5,8-12H2,1H3. The minimum Gasteiger partial charge on any atom is -0.456 e. The molecule has 0 saturated carbocycles. The highest BCUT2D eigenvalue weighted by atomic mass is 32.1. The predicted molar refractivity (Wildman–Crippen MR) is 119 cm³/mol. The monoisotopic (exact) mass is 450 g/mol. The fourth-order valence-electron chi connectivity index (χ4n) is 4.01. The quantitative estimate of drug-likeness (QED) is 0.412. The molecule has 0 aliphatic heterocycles. The summed E-state index contributed by atoms with van der Waals surface area (Å²) in [6.07, 6.45) is 5.77. The molecule has 164 valence electrons. The van der Waals surface area contributed by atoms with Crippen LogP contribution in [0, 0.1) is 6.92 Å². The zero-order valence-corrected chi connectivity index (χ0v) is 18.5. The van der Waals surface area contributed by atoms with Gasteiger partial charge >= 0.3 is 5.97 Å². The lowest BCUT2D eigenvalue weighted by molar-refractivity contribution is -0.146. The van der Waals surface area contributed by atoms with Crippen LogP contribution in [-0.2, 0) is 35.5 Å². The number of hydrogen-bond acceptors (Lipinski definition) is 8. The van der Waals surface area contributed by atoms with Crippen molar-refractivity contribution in [1.29, 1.82) is 0 Å². The Kier molecular flexibility index (Phi) is 5.57. The smallest absolute Gasteiger partial charge is 0.308 e. The Bertz CT molecular complexity index is 1350. The van der Waals surface area contributed by atoms with Crippen LogP contribution >= 0.6 is 11.3 Å². The second-order valence-corrected chi connectivity index (χ2v) is 8.96. The van der Waals surface area contributed by atoms with Gasteiger partial charge < -0.3 is 9.26 Å². The predicted octanol–water partition coefficient (Wildman–Crippen LogP) is 3.83. The maximum atomic E-state index is 13.0. The van der Waals surface area contributed by atoms with Gasteiger partial charge in [-0.05, 0) is 43.7 Å². The summed E-state index contributed by atoms with van der Waals surface area (Å²) < 4.78 is 12.0. The molecule has 0 saturated heterocycles. The maximum absolute atomic E-state index is 13.0. The maximum Gasteiger partial charge on any atom is 0.308 e.